The van der Waals surface area contributed by atoms with E-state index in [9.17, 15) is 9.18 Å². The Morgan fingerprint density at radius 1 is 1.12 bits per heavy atom. The highest BCUT2D eigenvalue weighted by Gasteiger charge is 2.23. The van der Waals surface area contributed by atoms with Crippen molar-refractivity contribution in [3.8, 4) is 11.5 Å². The quantitative estimate of drug-likeness (QED) is 0.779. The highest BCUT2D eigenvalue weighted by molar-refractivity contribution is 5.94. The van der Waals surface area contributed by atoms with Crippen molar-refractivity contribution in [3.05, 3.63) is 59.9 Å². The number of carbonyl (C=O) groups excluding carboxylic acids is 1. The molecule has 0 bridgehead atoms. The highest BCUT2D eigenvalue weighted by Crippen LogP contribution is 2.23. The van der Waals surface area contributed by atoms with Gasteiger partial charge in [-0.1, -0.05) is 12.1 Å². The number of piperidine rings is 1. The normalized spacial score (nSPS) is 14.9. The summed E-state index contributed by atoms with van der Waals surface area (Å²) in [6.07, 6.45) is 2.84. The van der Waals surface area contributed by atoms with E-state index in [1.165, 1.54) is 12.1 Å². The Morgan fingerprint density at radius 3 is 2.58 bits per heavy atom. The number of likely N-dealkylation sites (tertiary alicyclic amines) is 1. The fourth-order valence-corrected chi connectivity index (χ4v) is 3.26. The van der Waals surface area contributed by atoms with Crippen molar-refractivity contribution in [1.29, 1.82) is 0 Å². The van der Waals surface area contributed by atoms with Crippen molar-refractivity contribution in [2.24, 2.45) is 5.92 Å². The average Bonchev–Trinajstić information content (AvgIpc) is 2.68. The van der Waals surface area contributed by atoms with Crippen molar-refractivity contribution < 1.29 is 18.7 Å². The molecule has 1 heterocycles. The summed E-state index contributed by atoms with van der Waals surface area (Å²) in [5, 5.41) is 0. The Bertz CT molecular complexity index is 742. The zero-order chi connectivity index (χ0) is 18.4. The van der Waals surface area contributed by atoms with Crippen LogP contribution in [-0.2, 0) is 0 Å². The van der Waals surface area contributed by atoms with Crippen LogP contribution in [0.2, 0.25) is 0 Å². The van der Waals surface area contributed by atoms with E-state index in [-0.39, 0.29) is 11.7 Å². The zero-order valence-electron chi connectivity index (χ0n) is 15.0. The third-order valence-corrected chi connectivity index (χ3v) is 4.81. The molecule has 0 radical (unpaired) electrons. The largest absolute Gasteiger partial charge is 0.497 e. The summed E-state index contributed by atoms with van der Waals surface area (Å²) in [7, 11) is 1.60. The van der Waals surface area contributed by atoms with Crippen molar-refractivity contribution in [2.75, 3.05) is 26.8 Å². The first-order valence-corrected chi connectivity index (χ1v) is 8.97. The maximum atomic E-state index is 13.1. The smallest absolute Gasteiger partial charge is 0.253 e. The molecule has 1 amide bonds. The lowest BCUT2D eigenvalue weighted by Crippen LogP contribution is -2.38. The van der Waals surface area contributed by atoms with Crippen molar-refractivity contribution in [2.45, 2.75) is 19.3 Å². The summed E-state index contributed by atoms with van der Waals surface area (Å²) < 4.78 is 23.9. The molecule has 0 spiro atoms. The number of carbonyl (C=O) groups is 1. The Labute approximate surface area is 153 Å². The number of nitrogens with zero attached hydrogens (tertiary/aromatic N) is 1. The molecule has 1 aliphatic heterocycles. The predicted octanol–water partition coefficient (Wildman–Crippen LogP) is 4.16. The minimum absolute atomic E-state index is 0.0540. The van der Waals surface area contributed by atoms with E-state index in [4.69, 9.17) is 9.47 Å². The predicted molar refractivity (Wildman–Crippen MR) is 98.1 cm³/mol. The summed E-state index contributed by atoms with van der Waals surface area (Å²) in [6, 6.07) is 13.5. The zero-order valence-corrected chi connectivity index (χ0v) is 15.0. The van der Waals surface area contributed by atoms with Gasteiger partial charge in [0.2, 0.25) is 0 Å². The molecule has 138 valence electrons. The van der Waals surface area contributed by atoms with E-state index < -0.39 is 0 Å². The molecule has 3 rings (SSSR count). The minimum Gasteiger partial charge on any atom is -0.497 e. The summed E-state index contributed by atoms with van der Waals surface area (Å²) in [4.78, 5) is 14.5. The van der Waals surface area contributed by atoms with Crippen LogP contribution in [0.15, 0.2) is 48.5 Å². The van der Waals surface area contributed by atoms with Gasteiger partial charge in [0.1, 0.15) is 17.3 Å². The van der Waals surface area contributed by atoms with Gasteiger partial charge in [-0.2, -0.15) is 0 Å². The maximum Gasteiger partial charge on any atom is 0.253 e. The number of methoxy groups -OCH3 is 1. The van der Waals surface area contributed by atoms with Crippen LogP contribution in [-0.4, -0.2) is 37.6 Å². The number of hydrogen-bond donors (Lipinski definition) is 0. The Hall–Kier alpha value is -2.56. The van der Waals surface area contributed by atoms with Gasteiger partial charge in [-0.15, -0.1) is 0 Å². The fraction of sp³-hybridized carbons (Fsp3) is 0.381. The Kier molecular flexibility index (Phi) is 6.10. The van der Waals surface area contributed by atoms with E-state index in [0.29, 0.717) is 29.6 Å². The van der Waals surface area contributed by atoms with Crippen LogP contribution in [0.25, 0.3) is 0 Å². The monoisotopic (exact) mass is 357 g/mol. The molecule has 0 N–H and O–H groups in total. The molecule has 26 heavy (non-hydrogen) atoms. The average molecular weight is 357 g/mol. The highest BCUT2D eigenvalue weighted by atomic mass is 19.1. The number of rotatable bonds is 6. The van der Waals surface area contributed by atoms with E-state index in [1.807, 2.05) is 23.1 Å². The number of hydrogen-bond acceptors (Lipinski definition) is 3. The lowest BCUT2D eigenvalue weighted by molar-refractivity contribution is 0.0679. The third kappa shape index (κ3) is 4.75. The van der Waals surface area contributed by atoms with Crippen LogP contribution in [0.1, 0.15) is 29.6 Å². The minimum atomic E-state index is -0.285. The molecule has 0 saturated carbocycles. The first-order chi connectivity index (χ1) is 12.7. The summed E-state index contributed by atoms with van der Waals surface area (Å²) in [6.45, 7) is 2.07. The summed E-state index contributed by atoms with van der Waals surface area (Å²) >= 11 is 0. The Balaban J connectivity index is 1.44. The van der Waals surface area contributed by atoms with E-state index in [1.54, 1.807) is 25.3 Å². The number of amides is 1. The molecular formula is C21H24FNO3. The molecular weight excluding hydrogens is 333 g/mol. The van der Waals surface area contributed by atoms with Crippen LogP contribution in [0.3, 0.4) is 0 Å². The van der Waals surface area contributed by atoms with Crippen LogP contribution < -0.4 is 9.47 Å². The van der Waals surface area contributed by atoms with Gasteiger partial charge in [0.15, 0.2) is 0 Å². The van der Waals surface area contributed by atoms with E-state index >= 15 is 0 Å². The fourth-order valence-electron chi connectivity index (χ4n) is 3.26. The van der Waals surface area contributed by atoms with Gasteiger partial charge in [0.25, 0.3) is 5.91 Å². The molecule has 2 aromatic rings. The lowest BCUT2D eigenvalue weighted by atomic mass is 9.93. The van der Waals surface area contributed by atoms with Crippen LogP contribution >= 0.6 is 0 Å². The molecule has 1 fully saturated rings. The second kappa shape index (κ2) is 8.70. The Morgan fingerprint density at radius 2 is 1.85 bits per heavy atom. The van der Waals surface area contributed by atoms with Gasteiger partial charge in [0, 0.05) is 24.7 Å². The van der Waals surface area contributed by atoms with Crippen molar-refractivity contribution in [3.63, 3.8) is 0 Å². The van der Waals surface area contributed by atoms with Crippen molar-refractivity contribution in [1.82, 2.24) is 4.90 Å². The molecule has 0 atom stereocenters. The molecule has 2 aromatic carbocycles. The molecule has 0 aromatic heterocycles. The first-order valence-electron chi connectivity index (χ1n) is 8.97. The lowest BCUT2D eigenvalue weighted by Gasteiger charge is -2.32. The van der Waals surface area contributed by atoms with Crippen LogP contribution in [0, 0.1) is 11.7 Å². The number of benzene rings is 2. The third-order valence-electron chi connectivity index (χ3n) is 4.81. The number of halogens is 1. The number of ether oxygens (including phenoxy) is 2. The molecule has 1 saturated heterocycles. The van der Waals surface area contributed by atoms with E-state index in [2.05, 4.69) is 0 Å². The van der Waals surface area contributed by atoms with Gasteiger partial charge in [-0.05, 0) is 55.5 Å². The van der Waals surface area contributed by atoms with Crippen LogP contribution in [0.5, 0.6) is 11.5 Å². The molecule has 0 unspecified atom stereocenters. The van der Waals surface area contributed by atoms with Gasteiger partial charge in [-0.3, -0.25) is 4.79 Å². The van der Waals surface area contributed by atoms with Gasteiger partial charge >= 0.3 is 0 Å². The second-order valence-electron chi connectivity index (χ2n) is 6.56. The molecule has 0 aliphatic carbocycles. The summed E-state index contributed by atoms with van der Waals surface area (Å²) in [5.41, 5.74) is 0.664. The topological polar surface area (TPSA) is 38.8 Å². The molecule has 4 nitrogen and oxygen atoms in total. The summed E-state index contributed by atoms with van der Waals surface area (Å²) in [5.74, 6) is 1.55. The van der Waals surface area contributed by atoms with Gasteiger partial charge < -0.3 is 14.4 Å². The molecule has 1 aliphatic rings. The van der Waals surface area contributed by atoms with Gasteiger partial charge in [-0.25, -0.2) is 4.39 Å². The van der Waals surface area contributed by atoms with Crippen LogP contribution in [0.4, 0.5) is 4.39 Å². The van der Waals surface area contributed by atoms with Crippen molar-refractivity contribution >= 4 is 5.91 Å². The standard InChI is InChI=1S/C21H24FNO3/c1-25-19-6-2-4-17(14-19)21(24)23-11-8-16(9-12-23)10-13-26-20-7-3-5-18(22)15-20/h2-7,14-16H,8-13H2,1H3. The SMILES string of the molecule is COc1cccc(C(=O)N2CCC(CCOc3cccc(F)c3)CC2)c1. The second-order valence-corrected chi connectivity index (χ2v) is 6.56. The molecule has 5 heteroatoms. The first kappa shape index (κ1) is 18.2. The van der Waals surface area contributed by atoms with E-state index in [0.717, 1.165) is 32.4 Å². The maximum absolute atomic E-state index is 13.1. The van der Waals surface area contributed by atoms with Gasteiger partial charge in [0.05, 0.1) is 13.7 Å².